The summed E-state index contributed by atoms with van der Waals surface area (Å²) in [6.45, 7) is 10.4. The second-order valence-corrected chi connectivity index (χ2v) is 19.0. The quantitative estimate of drug-likeness (QED) is 0.247. The Morgan fingerprint density at radius 3 is 1.74 bits per heavy atom. The topological polar surface area (TPSA) is 9.23 Å². The summed E-state index contributed by atoms with van der Waals surface area (Å²) in [6, 6.07) is 0. The van der Waals surface area contributed by atoms with Crippen LogP contribution in [0.3, 0.4) is 0 Å². The summed E-state index contributed by atoms with van der Waals surface area (Å²) in [6.07, 6.45) is 12.5. The molecule has 0 heterocycles. The molecule has 0 aromatic rings. The van der Waals surface area contributed by atoms with Gasteiger partial charge in [-0.15, -0.1) is 0 Å². The van der Waals surface area contributed by atoms with Gasteiger partial charge in [-0.05, 0) is 0 Å². The molecule has 0 spiro atoms. The van der Waals surface area contributed by atoms with Crippen molar-refractivity contribution >= 4 is 18.8 Å². The van der Waals surface area contributed by atoms with Crippen LogP contribution in [-0.2, 0) is 3.07 Å². The first-order valence-electron chi connectivity index (χ1n) is 8.88. The van der Waals surface area contributed by atoms with Gasteiger partial charge in [-0.25, -0.2) is 0 Å². The SMILES string of the molecule is CCCCCCC[CH2][Sn]([CH2]C)([CH2]C)[O]CCCCC. The van der Waals surface area contributed by atoms with Gasteiger partial charge in [0.2, 0.25) is 0 Å². The number of unbranched alkanes of at least 4 members (excludes halogenated alkanes) is 7. The first kappa shape index (κ1) is 19.8. The molecule has 0 radical (unpaired) electrons. The zero-order valence-corrected chi connectivity index (χ0v) is 17.0. The fraction of sp³-hybridized carbons (Fsp3) is 1.00. The van der Waals surface area contributed by atoms with Gasteiger partial charge in [-0.3, -0.25) is 0 Å². The molecular formula is C17H38OSn. The van der Waals surface area contributed by atoms with Crippen LogP contribution in [0.4, 0.5) is 0 Å². The maximum atomic E-state index is 6.47. The average Bonchev–Trinajstić information content (AvgIpc) is 2.45. The van der Waals surface area contributed by atoms with Crippen LogP contribution in [0.15, 0.2) is 0 Å². The molecule has 0 amide bonds. The molecule has 0 aliphatic rings. The third-order valence-electron chi connectivity index (χ3n) is 4.43. The van der Waals surface area contributed by atoms with E-state index >= 15 is 0 Å². The van der Waals surface area contributed by atoms with E-state index in [9.17, 15) is 0 Å². The van der Waals surface area contributed by atoms with Crippen LogP contribution in [0.5, 0.6) is 0 Å². The van der Waals surface area contributed by atoms with Crippen molar-refractivity contribution in [3.8, 4) is 0 Å². The molecule has 0 aromatic heterocycles. The molecule has 0 saturated heterocycles. The minimum atomic E-state index is -2.15. The standard InChI is InChI=1S/C8H17.C5H11O.2C2H5.Sn/c1-3-5-7-8-6-4-2;1-2-3-4-5-6;2*1-2;/h1,3-8H2,2H3;2-5H2,1H3;2*1H2,2H3;/q;-1;;;+1. The minimum absolute atomic E-state index is 1.06. The summed E-state index contributed by atoms with van der Waals surface area (Å²) >= 11 is -2.15. The van der Waals surface area contributed by atoms with E-state index in [2.05, 4.69) is 27.7 Å². The fourth-order valence-electron chi connectivity index (χ4n) is 2.75. The van der Waals surface area contributed by atoms with Crippen LogP contribution < -0.4 is 0 Å². The second-order valence-electron chi connectivity index (χ2n) is 5.96. The molecule has 0 unspecified atom stereocenters. The molecule has 0 fully saturated rings. The van der Waals surface area contributed by atoms with Gasteiger partial charge >= 0.3 is 127 Å². The molecule has 0 rings (SSSR count). The Hall–Kier alpha value is 0.759. The molecule has 19 heavy (non-hydrogen) atoms. The Morgan fingerprint density at radius 1 is 0.632 bits per heavy atom. The zero-order chi connectivity index (χ0) is 14.4. The van der Waals surface area contributed by atoms with Crippen LogP contribution in [0.1, 0.15) is 85.5 Å². The first-order valence-corrected chi connectivity index (χ1v) is 16.1. The number of hydrogen-bond donors (Lipinski definition) is 0. The molecule has 0 aliphatic heterocycles. The van der Waals surface area contributed by atoms with Gasteiger partial charge in [0.1, 0.15) is 0 Å². The molecule has 0 saturated carbocycles. The van der Waals surface area contributed by atoms with Gasteiger partial charge in [0.05, 0.1) is 0 Å². The third kappa shape index (κ3) is 10.2. The molecule has 1 nitrogen and oxygen atoms in total. The van der Waals surface area contributed by atoms with Gasteiger partial charge < -0.3 is 0 Å². The van der Waals surface area contributed by atoms with Gasteiger partial charge in [-0.2, -0.15) is 0 Å². The van der Waals surface area contributed by atoms with Crippen molar-refractivity contribution in [3.63, 3.8) is 0 Å². The van der Waals surface area contributed by atoms with E-state index in [-0.39, 0.29) is 0 Å². The van der Waals surface area contributed by atoms with Crippen molar-refractivity contribution in [2.24, 2.45) is 0 Å². The van der Waals surface area contributed by atoms with Crippen molar-refractivity contribution in [1.29, 1.82) is 0 Å². The van der Waals surface area contributed by atoms with Crippen LogP contribution >= 0.6 is 0 Å². The van der Waals surface area contributed by atoms with Crippen molar-refractivity contribution in [2.45, 2.75) is 98.8 Å². The zero-order valence-electron chi connectivity index (χ0n) is 14.1. The molecule has 0 atom stereocenters. The molecule has 0 N–H and O–H groups in total. The van der Waals surface area contributed by atoms with Gasteiger partial charge in [0.25, 0.3) is 0 Å². The van der Waals surface area contributed by atoms with Crippen molar-refractivity contribution in [1.82, 2.24) is 0 Å². The molecule has 0 bridgehead atoms. The summed E-state index contributed by atoms with van der Waals surface area (Å²) in [4.78, 5) is 0. The van der Waals surface area contributed by atoms with Crippen molar-refractivity contribution in [2.75, 3.05) is 6.61 Å². The number of hydrogen-bond acceptors (Lipinski definition) is 1. The van der Waals surface area contributed by atoms with E-state index in [1.807, 2.05) is 0 Å². The third-order valence-corrected chi connectivity index (χ3v) is 17.7. The summed E-state index contributed by atoms with van der Waals surface area (Å²) < 4.78 is 10.7. The fourth-order valence-corrected chi connectivity index (χ4v) is 12.0. The average molecular weight is 377 g/mol. The van der Waals surface area contributed by atoms with E-state index in [4.69, 9.17) is 3.07 Å². The maximum absolute atomic E-state index is 6.47. The summed E-state index contributed by atoms with van der Waals surface area (Å²) in [5.41, 5.74) is 0. The predicted octanol–water partition coefficient (Wildman–Crippen LogP) is 6.54. The van der Waals surface area contributed by atoms with Crippen LogP contribution in [-0.4, -0.2) is 25.4 Å². The van der Waals surface area contributed by atoms with Crippen LogP contribution in [0.2, 0.25) is 13.3 Å². The van der Waals surface area contributed by atoms with E-state index < -0.39 is 18.8 Å². The molecular weight excluding hydrogens is 339 g/mol. The van der Waals surface area contributed by atoms with Gasteiger partial charge in [0, 0.05) is 0 Å². The summed E-state index contributed by atoms with van der Waals surface area (Å²) in [5.74, 6) is 0. The van der Waals surface area contributed by atoms with E-state index in [0.29, 0.717) is 0 Å². The van der Waals surface area contributed by atoms with Crippen molar-refractivity contribution in [3.05, 3.63) is 0 Å². The van der Waals surface area contributed by atoms with Crippen molar-refractivity contribution < 1.29 is 3.07 Å². The second kappa shape index (κ2) is 13.7. The van der Waals surface area contributed by atoms with Crippen LogP contribution in [0, 0.1) is 0 Å². The summed E-state index contributed by atoms with van der Waals surface area (Å²) in [7, 11) is 0. The Balaban J connectivity index is 3.81. The van der Waals surface area contributed by atoms with Gasteiger partial charge in [0.15, 0.2) is 0 Å². The van der Waals surface area contributed by atoms with E-state index in [1.54, 1.807) is 0 Å². The van der Waals surface area contributed by atoms with E-state index in [1.165, 1.54) is 71.1 Å². The Morgan fingerprint density at radius 2 is 1.16 bits per heavy atom. The monoisotopic (exact) mass is 378 g/mol. The van der Waals surface area contributed by atoms with Gasteiger partial charge in [-0.1, -0.05) is 0 Å². The first-order chi connectivity index (χ1) is 9.24. The Kier molecular flexibility index (Phi) is 14.3. The molecule has 116 valence electrons. The Bertz CT molecular complexity index is 178. The Labute approximate surface area is 127 Å². The number of rotatable bonds is 14. The molecule has 0 aliphatic carbocycles. The normalized spacial score (nSPS) is 12.0. The van der Waals surface area contributed by atoms with E-state index in [0.717, 1.165) is 6.61 Å². The predicted molar refractivity (Wildman–Crippen MR) is 90.4 cm³/mol. The van der Waals surface area contributed by atoms with Crippen LogP contribution in [0.25, 0.3) is 0 Å². The molecule has 0 aromatic carbocycles. The summed E-state index contributed by atoms with van der Waals surface area (Å²) in [5, 5.41) is 0. The molecule has 2 heteroatoms.